The SMILES string of the molecule is CC1(C)C=CC[C@@]2(C)C1CC[C@]1(C)[C@@H]2CC[C@H](C(=O)Oc2ccccc2)[C@]12COC(=O)C2. The standard InChI is InChI=1S/C28H36O4/c1-25(2)14-8-15-26(3)21(25)13-16-27(4)22(26)12-11-20(28(27)17-23(29)31-18-28)24(30)32-19-9-6-5-7-10-19/h5-10,14,20-22H,11-13,15-18H2,1-4H3/t20-,21?,22-,26+,27-,28+/m1/s1. The fraction of sp³-hybridized carbons (Fsp3) is 0.643. The summed E-state index contributed by atoms with van der Waals surface area (Å²) in [5.74, 6) is 0.947. The Balaban J connectivity index is 1.53. The second kappa shape index (κ2) is 7.20. The van der Waals surface area contributed by atoms with Crippen LogP contribution in [0.1, 0.15) is 66.2 Å². The normalized spacial score (nSPS) is 42.1. The van der Waals surface area contributed by atoms with Gasteiger partial charge in [0.2, 0.25) is 0 Å². The highest BCUT2D eigenvalue weighted by Crippen LogP contribution is 2.72. The Hall–Kier alpha value is -2.10. The molecule has 1 aromatic rings. The highest BCUT2D eigenvalue weighted by atomic mass is 16.5. The lowest BCUT2D eigenvalue weighted by Gasteiger charge is -2.67. The van der Waals surface area contributed by atoms with Crippen molar-refractivity contribution < 1.29 is 19.1 Å². The Morgan fingerprint density at radius 2 is 1.78 bits per heavy atom. The van der Waals surface area contributed by atoms with Crippen LogP contribution in [-0.4, -0.2) is 18.5 Å². The average Bonchev–Trinajstić information content (AvgIpc) is 3.12. The van der Waals surface area contributed by atoms with Gasteiger partial charge >= 0.3 is 11.9 Å². The molecule has 1 heterocycles. The van der Waals surface area contributed by atoms with Crippen molar-refractivity contribution >= 4 is 11.9 Å². The molecule has 2 saturated carbocycles. The smallest absolute Gasteiger partial charge is 0.315 e. The second-order valence-corrected chi connectivity index (χ2v) is 11.9. The molecule has 0 bridgehead atoms. The van der Waals surface area contributed by atoms with E-state index >= 15 is 0 Å². The van der Waals surface area contributed by atoms with E-state index in [0.29, 0.717) is 30.6 Å². The number of rotatable bonds is 2. The predicted molar refractivity (Wildman–Crippen MR) is 123 cm³/mol. The number of esters is 2. The van der Waals surface area contributed by atoms with Crippen LogP contribution in [0, 0.1) is 39.4 Å². The van der Waals surface area contributed by atoms with E-state index in [1.807, 2.05) is 30.3 Å². The molecule has 5 rings (SSSR count). The summed E-state index contributed by atoms with van der Waals surface area (Å²) in [6.45, 7) is 9.91. The lowest BCUT2D eigenvalue weighted by Crippen LogP contribution is -2.64. The molecule has 1 unspecified atom stereocenters. The molecule has 0 radical (unpaired) electrons. The van der Waals surface area contributed by atoms with E-state index < -0.39 is 5.41 Å². The van der Waals surface area contributed by atoms with Gasteiger partial charge in [-0.2, -0.15) is 0 Å². The quantitative estimate of drug-likeness (QED) is 0.326. The first kappa shape index (κ1) is 21.7. The summed E-state index contributed by atoms with van der Waals surface area (Å²) in [7, 11) is 0. The zero-order valence-corrected chi connectivity index (χ0v) is 19.9. The number of ether oxygens (including phenoxy) is 2. The molecule has 0 aromatic heterocycles. The highest BCUT2D eigenvalue weighted by Gasteiger charge is 2.70. The third-order valence-corrected chi connectivity index (χ3v) is 10.1. The van der Waals surface area contributed by atoms with Gasteiger partial charge in [-0.3, -0.25) is 9.59 Å². The average molecular weight is 437 g/mol. The zero-order valence-electron chi connectivity index (χ0n) is 19.9. The molecule has 1 aliphatic heterocycles. The minimum absolute atomic E-state index is 0.135. The van der Waals surface area contributed by atoms with E-state index in [4.69, 9.17) is 9.47 Å². The summed E-state index contributed by atoms with van der Waals surface area (Å²) in [6, 6.07) is 9.29. The number of hydrogen-bond acceptors (Lipinski definition) is 4. The maximum atomic E-state index is 13.5. The van der Waals surface area contributed by atoms with Gasteiger partial charge in [0, 0.05) is 5.41 Å². The third-order valence-electron chi connectivity index (χ3n) is 10.1. The van der Waals surface area contributed by atoms with Gasteiger partial charge in [0.05, 0.1) is 18.9 Å². The molecular formula is C28H36O4. The number of fused-ring (bicyclic) bond motifs is 4. The molecule has 6 atom stereocenters. The Morgan fingerprint density at radius 3 is 2.47 bits per heavy atom. The monoisotopic (exact) mass is 436 g/mol. The van der Waals surface area contributed by atoms with Crippen molar-refractivity contribution in [3.8, 4) is 5.75 Å². The van der Waals surface area contributed by atoms with Crippen LogP contribution in [0.3, 0.4) is 0 Å². The fourth-order valence-corrected chi connectivity index (χ4v) is 8.59. The van der Waals surface area contributed by atoms with Crippen LogP contribution in [-0.2, 0) is 14.3 Å². The van der Waals surface area contributed by atoms with Crippen molar-refractivity contribution in [3.63, 3.8) is 0 Å². The fourth-order valence-electron chi connectivity index (χ4n) is 8.59. The molecule has 3 aliphatic carbocycles. The molecule has 3 fully saturated rings. The van der Waals surface area contributed by atoms with Gasteiger partial charge in [-0.1, -0.05) is 58.0 Å². The van der Waals surface area contributed by atoms with Crippen molar-refractivity contribution in [2.45, 2.75) is 66.2 Å². The number of allylic oxidation sites excluding steroid dienone is 2. The van der Waals surface area contributed by atoms with Crippen LogP contribution in [0.4, 0.5) is 0 Å². The van der Waals surface area contributed by atoms with Gasteiger partial charge in [-0.15, -0.1) is 0 Å². The zero-order chi connectivity index (χ0) is 22.8. The molecule has 172 valence electrons. The summed E-state index contributed by atoms with van der Waals surface area (Å²) >= 11 is 0. The minimum Gasteiger partial charge on any atom is -0.465 e. The molecule has 4 aliphatic rings. The molecule has 4 nitrogen and oxygen atoms in total. The van der Waals surface area contributed by atoms with Crippen molar-refractivity contribution in [1.82, 2.24) is 0 Å². The Labute approximate surface area is 191 Å². The van der Waals surface area contributed by atoms with Gasteiger partial charge in [-0.05, 0) is 72.3 Å². The van der Waals surface area contributed by atoms with Gasteiger partial charge in [0.25, 0.3) is 0 Å². The second-order valence-electron chi connectivity index (χ2n) is 11.9. The number of carbonyl (C=O) groups is 2. The van der Waals surface area contributed by atoms with E-state index in [2.05, 4.69) is 39.8 Å². The van der Waals surface area contributed by atoms with Gasteiger partial charge < -0.3 is 9.47 Å². The van der Waals surface area contributed by atoms with Crippen molar-refractivity contribution in [3.05, 3.63) is 42.5 Å². The molecule has 1 saturated heterocycles. The first-order chi connectivity index (χ1) is 15.1. The Bertz CT molecular complexity index is 949. The maximum absolute atomic E-state index is 13.5. The van der Waals surface area contributed by atoms with Crippen molar-refractivity contribution in [2.75, 3.05) is 6.61 Å². The van der Waals surface area contributed by atoms with Crippen LogP contribution >= 0.6 is 0 Å². The summed E-state index contributed by atoms with van der Waals surface area (Å²) in [5.41, 5.74) is -0.285. The molecule has 1 aromatic carbocycles. The molecule has 0 amide bonds. The number of carbonyl (C=O) groups excluding carboxylic acids is 2. The highest BCUT2D eigenvalue weighted by molar-refractivity contribution is 5.80. The number of benzene rings is 1. The lowest BCUT2D eigenvalue weighted by molar-refractivity contribution is -0.203. The predicted octanol–water partition coefficient (Wildman–Crippen LogP) is 5.96. The summed E-state index contributed by atoms with van der Waals surface area (Å²) in [4.78, 5) is 26.1. The van der Waals surface area contributed by atoms with E-state index in [1.165, 1.54) is 0 Å². The lowest BCUT2D eigenvalue weighted by atomic mass is 9.36. The van der Waals surface area contributed by atoms with Crippen LogP contribution in [0.2, 0.25) is 0 Å². The van der Waals surface area contributed by atoms with E-state index in [0.717, 1.165) is 32.1 Å². The van der Waals surface area contributed by atoms with Gasteiger partial charge in [0.15, 0.2) is 0 Å². The molecule has 1 spiro atoms. The first-order valence-electron chi connectivity index (χ1n) is 12.2. The van der Waals surface area contributed by atoms with Crippen LogP contribution in [0.15, 0.2) is 42.5 Å². The van der Waals surface area contributed by atoms with Crippen LogP contribution in [0.25, 0.3) is 0 Å². The Morgan fingerprint density at radius 1 is 1.03 bits per heavy atom. The molecule has 32 heavy (non-hydrogen) atoms. The summed E-state index contributed by atoms with van der Waals surface area (Å²) in [5, 5.41) is 0. The van der Waals surface area contributed by atoms with Crippen molar-refractivity contribution in [1.29, 1.82) is 0 Å². The van der Waals surface area contributed by atoms with E-state index in [-0.39, 0.29) is 34.1 Å². The molecule has 4 heteroatoms. The van der Waals surface area contributed by atoms with Gasteiger partial charge in [0.1, 0.15) is 5.75 Å². The number of cyclic esters (lactones) is 1. The van der Waals surface area contributed by atoms with E-state index in [9.17, 15) is 9.59 Å². The molecular weight excluding hydrogens is 400 g/mol. The summed E-state index contributed by atoms with van der Waals surface area (Å²) < 4.78 is 11.5. The Kier molecular flexibility index (Phi) is 4.89. The minimum atomic E-state index is -0.488. The number of para-hydroxylation sites is 1. The maximum Gasteiger partial charge on any atom is 0.315 e. The third kappa shape index (κ3) is 2.94. The largest absolute Gasteiger partial charge is 0.465 e. The van der Waals surface area contributed by atoms with E-state index in [1.54, 1.807) is 0 Å². The topological polar surface area (TPSA) is 52.6 Å². The summed E-state index contributed by atoms with van der Waals surface area (Å²) in [6.07, 6.45) is 10.1. The van der Waals surface area contributed by atoms with Crippen LogP contribution in [0.5, 0.6) is 5.75 Å². The molecule has 0 N–H and O–H groups in total. The first-order valence-corrected chi connectivity index (χ1v) is 12.2. The van der Waals surface area contributed by atoms with Crippen LogP contribution < -0.4 is 4.74 Å². The van der Waals surface area contributed by atoms with Crippen molar-refractivity contribution in [2.24, 2.45) is 39.4 Å². The van der Waals surface area contributed by atoms with Gasteiger partial charge in [-0.25, -0.2) is 0 Å². The number of hydrogen-bond donors (Lipinski definition) is 0.